The van der Waals surface area contributed by atoms with Crippen molar-refractivity contribution >= 4 is 0 Å². The van der Waals surface area contributed by atoms with E-state index in [0.29, 0.717) is 13.0 Å². The van der Waals surface area contributed by atoms with Crippen LogP contribution in [-0.2, 0) is 13.0 Å². The number of aliphatic hydroxyl groups excluding tert-OH is 1. The van der Waals surface area contributed by atoms with Crippen LogP contribution in [0, 0.1) is 6.92 Å². The van der Waals surface area contributed by atoms with Crippen LogP contribution in [0.4, 0.5) is 0 Å². The summed E-state index contributed by atoms with van der Waals surface area (Å²) in [7, 11) is 0. The van der Waals surface area contributed by atoms with Crippen molar-refractivity contribution in [1.82, 2.24) is 0 Å². The lowest BCUT2D eigenvalue weighted by molar-refractivity contribution is 0.295. The Balaban J connectivity index is 1.91. The van der Waals surface area contributed by atoms with E-state index in [1.165, 1.54) is 0 Å². The number of benzene rings is 4. The van der Waals surface area contributed by atoms with Crippen LogP contribution in [0.3, 0.4) is 0 Å². The van der Waals surface area contributed by atoms with Gasteiger partial charge in [0.05, 0.1) is 0 Å². The third kappa shape index (κ3) is 4.29. The Hall–Kier alpha value is -3.36. The van der Waals surface area contributed by atoms with Crippen LogP contribution < -0.4 is 4.74 Å². The molecule has 30 heavy (non-hydrogen) atoms. The highest BCUT2D eigenvalue weighted by atomic mass is 16.5. The van der Waals surface area contributed by atoms with E-state index in [4.69, 9.17) is 4.74 Å². The third-order valence-electron chi connectivity index (χ3n) is 5.39. The molecule has 2 nitrogen and oxygen atoms in total. The van der Waals surface area contributed by atoms with Crippen LogP contribution in [0.15, 0.2) is 97.1 Å². The van der Waals surface area contributed by atoms with Gasteiger partial charge in [0.15, 0.2) is 0 Å². The molecule has 0 amide bonds. The van der Waals surface area contributed by atoms with Gasteiger partial charge in [-0.05, 0) is 52.8 Å². The Kier molecular flexibility index (Phi) is 6.26. The van der Waals surface area contributed by atoms with E-state index in [-0.39, 0.29) is 6.61 Å². The highest BCUT2D eigenvalue weighted by Gasteiger charge is 2.19. The molecule has 150 valence electrons. The summed E-state index contributed by atoms with van der Waals surface area (Å²) in [6, 6.07) is 33.2. The molecule has 4 aromatic rings. The highest BCUT2D eigenvalue weighted by Crippen LogP contribution is 2.43. The number of hydrogen-bond donors (Lipinski definition) is 1. The molecule has 0 aromatic heterocycles. The summed E-state index contributed by atoms with van der Waals surface area (Å²) in [4.78, 5) is 0. The molecule has 0 atom stereocenters. The van der Waals surface area contributed by atoms with Crippen molar-refractivity contribution in [2.24, 2.45) is 0 Å². The first-order valence-electron chi connectivity index (χ1n) is 10.3. The van der Waals surface area contributed by atoms with Gasteiger partial charge in [-0.25, -0.2) is 0 Å². The van der Waals surface area contributed by atoms with Gasteiger partial charge in [-0.15, -0.1) is 0 Å². The molecule has 0 heterocycles. The van der Waals surface area contributed by atoms with Gasteiger partial charge in [-0.2, -0.15) is 0 Å². The van der Waals surface area contributed by atoms with Crippen LogP contribution in [0.2, 0.25) is 0 Å². The molecule has 0 saturated carbocycles. The largest absolute Gasteiger partial charge is 0.488 e. The van der Waals surface area contributed by atoms with Gasteiger partial charge in [0, 0.05) is 12.2 Å². The van der Waals surface area contributed by atoms with Crippen molar-refractivity contribution < 1.29 is 9.84 Å². The molecule has 0 unspecified atom stereocenters. The average molecular weight is 395 g/mol. The maximum Gasteiger partial charge on any atom is 0.131 e. The van der Waals surface area contributed by atoms with Crippen LogP contribution in [0.5, 0.6) is 5.75 Å². The molecule has 0 aliphatic rings. The van der Waals surface area contributed by atoms with Crippen LogP contribution in [0.25, 0.3) is 22.3 Å². The molecule has 0 saturated heterocycles. The molecule has 0 spiro atoms. The van der Waals surface area contributed by atoms with E-state index in [9.17, 15) is 5.11 Å². The molecule has 4 rings (SSSR count). The molecule has 1 N–H and O–H groups in total. The van der Waals surface area contributed by atoms with E-state index in [2.05, 4.69) is 73.7 Å². The van der Waals surface area contributed by atoms with Gasteiger partial charge in [0.1, 0.15) is 12.4 Å². The van der Waals surface area contributed by atoms with Gasteiger partial charge in [0.2, 0.25) is 0 Å². The molecule has 0 bridgehead atoms. The minimum atomic E-state index is 0.109. The van der Waals surface area contributed by atoms with E-state index >= 15 is 0 Å². The summed E-state index contributed by atoms with van der Waals surface area (Å²) < 4.78 is 6.48. The Morgan fingerprint density at radius 1 is 0.733 bits per heavy atom. The topological polar surface area (TPSA) is 29.5 Å². The first kappa shape index (κ1) is 19.9. The Morgan fingerprint density at radius 2 is 1.30 bits per heavy atom. The quantitative estimate of drug-likeness (QED) is 0.391. The zero-order valence-corrected chi connectivity index (χ0v) is 17.2. The second-order valence-corrected chi connectivity index (χ2v) is 7.39. The molecular formula is C28H26O2. The second-order valence-electron chi connectivity index (χ2n) is 7.39. The molecule has 4 aromatic carbocycles. The minimum Gasteiger partial charge on any atom is -0.488 e. The van der Waals surface area contributed by atoms with E-state index in [0.717, 1.165) is 44.7 Å². The van der Waals surface area contributed by atoms with Crippen LogP contribution in [0.1, 0.15) is 16.7 Å². The average Bonchev–Trinajstić information content (AvgIpc) is 2.81. The molecule has 0 aliphatic heterocycles. The Labute approximate surface area is 178 Å². The van der Waals surface area contributed by atoms with Crippen molar-refractivity contribution in [2.45, 2.75) is 20.0 Å². The van der Waals surface area contributed by atoms with Crippen molar-refractivity contribution in [1.29, 1.82) is 0 Å². The van der Waals surface area contributed by atoms with E-state index in [1.807, 2.05) is 30.3 Å². The highest BCUT2D eigenvalue weighted by molar-refractivity contribution is 5.89. The SMILES string of the molecule is Cc1c(CCO)cc(-c2ccccc2)c(-c2ccccc2)c1OCc1ccccc1. The lowest BCUT2D eigenvalue weighted by atomic mass is 9.88. The van der Waals surface area contributed by atoms with Gasteiger partial charge in [-0.3, -0.25) is 0 Å². The lowest BCUT2D eigenvalue weighted by Crippen LogP contribution is -2.04. The summed E-state index contributed by atoms with van der Waals surface area (Å²) in [5.74, 6) is 0.884. The summed E-state index contributed by atoms with van der Waals surface area (Å²) in [5, 5.41) is 9.65. The number of hydrogen-bond acceptors (Lipinski definition) is 2. The fraction of sp³-hybridized carbons (Fsp3) is 0.143. The number of aliphatic hydroxyl groups is 1. The minimum absolute atomic E-state index is 0.109. The fourth-order valence-corrected chi connectivity index (χ4v) is 3.84. The van der Waals surface area contributed by atoms with Crippen molar-refractivity contribution in [3.8, 4) is 28.0 Å². The summed E-state index contributed by atoms with van der Waals surface area (Å²) >= 11 is 0. The molecular weight excluding hydrogens is 368 g/mol. The normalized spacial score (nSPS) is 10.7. The van der Waals surface area contributed by atoms with Gasteiger partial charge >= 0.3 is 0 Å². The zero-order chi connectivity index (χ0) is 20.8. The van der Waals surface area contributed by atoms with Crippen molar-refractivity contribution in [3.05, 3.63) is 114 Å². The molecule has 2 heteroatoms. The molecule has 0 fully saturated rings. The van der Waals surface area contributed by atoms with Crippen molar-refractivity contribution in [3.63, 3.8) is 0 Å². The van der Waals surface area contributed by atoms with E-state index in [1.54, 1.807) is 0 Å². The fourth-order valence-electron chi connectivity index (χ4n) is 3.84. The van der Waals surface area contributed by atoms with Crippen LogP contribution in [-0.4, -0.2) is 11.7 Å². The van der Waals surface area contributed by atoms with Gasteiger partial charge < -0.3 is 9.84 Å². The Bertz CT molecular complexity index is 1090. The summed E-state index contributed by atoms with van der Waals surface area (Å²) in [5.41, 5.74) is 7.80. The van der Waals surface area contributed by atoms with E-state index < -0.39 is 0 Å². The first-order valence-corrected chi connectivity index (χ1v) is 10.3. The summed E-state index contributed by atoms with van der Waals surface area (Å²) in [6.07, 6.45) is 0.600. The predicted octanol–water partition coefficient (Wildman–Crippen LogP) is 6.44. The number of ether oxygens (including phenoxy) is 1. The van der Waals surface area contributed by atoms with Crippen molar-refractivity contribution in [2.75, 3.05) is 6.61 Å². The lowest BCUT2D eigenvalue weighted by Gasteiger charge is -2.22. The maximum atomic E-state index is 9.65. The third-order valence-corrected chi connectivity index (χ3v) is 5.39. The zero-order valence-electron chi connectivity index (χ0n) is 17.2. The Morgan fingerprint density at radius 3 is 1.90 bits per heavy atom. The smallest absolute Gasteiger partial charge is 0.131 e. The van der Waals surface area contributed by atoms with Gasteiger partial charge in [-0.1, -0.05) is 91.0 Å². The summed E-state index contributed by atoms with van der Waals surface area (Å²) in [6.45, 7) is 2.70. The number of rotatable bonds is 7. The standard InChI is InChI=1S/C28H26O2/c1-21-25(17-18-29)19-26(23-13-7-3-8-14-23)27(24-15-9-4-10-16-24)28(21)30-20-22-11-5-2-6-12-22/h2-16,19,29H,17-18,20H2,1H3. The predicted molar refractivity (Wildman–Crippen MR) is 124 cm³/mol. The maximum absolute atomic E-state index is 9.65. The second kappa shape index (κ2) is 9.43. The van der Waals surface area contributed by atoms with Crippen LogP contribution >= 0.6 is 0 Å². The van der Waals surface area contributed by atoms with Gasteiger partial charge in [0.25, 0.3) is 0 Å². The monoisotopic (exact) mass is 394 g/mol. The molecule has 0 radical (unpaired) electrons. The first-order chi connectivity index (χ1) is 14.8. The molecule has 0 aliphatic carbocycles.